The van der Waals surface area contributed by atoms with Gasteiger partial charge in [0.2, 0.25) is 5.91 Å². The maximum Gasteiger partial charge on any atom is 0.227 e. The Morgan fingerprint density at radius 1 is 1.12 bits per heavy atom. The second-order valence-corrected chi connectivity index (χ2v) is 7.32. The minimum Gasteiger partial charge on any atom is -0.394 e. The van der Waals surface area contributed by atoms with Crippen molar-refractivity contribution in [3.8, 4) is 0 Å². The molecule has 3 aromatic rings. The van der Waals surface area contributed by atoms with E-state index in [2.05, 4.69) is 10.3 Å². The van der Waals surface area contributed by atoms with E-state index in [-0.39, 0.29) is 30.4 Å². The Morgan fingerprint density at radius 2 is 1.88 bits per heavy atom. The SMILES string of the molecule is CC(C)[C@@H](CO)NC(=O)[C@@H](C)c1ccc2c(c1)[nH]c1ccc(Cl)cc12. The van der Waals surface area contributed by atoms with Crippen LogP contribution in [-0.4, -0.2) is 28.6 Å². The molecule has 2 aromatic carbocycles. The molecule has 0 saturated heterocycles. The van der Waals surface area contributed by atoms with Gasteiger partial charge < -0.3 is 15.4 Å². The predicted octanol–water partition coefficient (Wildman–Crippen LogP) is 4.21. The standard InChI is InChI=1S/C20H23ClN2O2/c1-11(2)19(10-24)23-20(25)12(3)13-4-6-15-16-9-14(21)5-7-17(16)22-18(15)8-13/h4-9,11-12,19,22,24H,10H2,1-3H3,(H,23,25)/t12-,19+/m0/s1. The van der Waals surface area contributed by atoms with Gasteiger partial charge in [-0.15, -0.1) is 0 Å². The molecule has 1 heterocycles. The van der Waals surface area contributed by atoms with E-state index in [0.717, 1.165) is 27.4 Å². The fourth-order valence-corrected chi connectivity index (χ4v) is 3.22. The van der Waals surface area contributed by atoms with E-state index in [9.17, 15) is 9.90 Å². The minimum atomic E-state index is -0.299. The highest BCUT2D eigenvalue weighted by Crippen LogP contribution is 2.30. The lowest BCUT2D eigenvalue weighted by atomic mass is 9.97. The van der Waals surface area contributed by atoms with Crippen LogP contribution in [0.15, 0.2) is 36.4 Å². The minimum absolute atomic E-state index is 0.0576. The van der Waals surface area contributed by atoms with Gasteiger partial charge in [-0.1, -0.05) is 37.6 Å². The topological polar surface area (TPSA) is 65.1 Å². The lowest BCUT2D eigenvalue weighted by molar-refractivity contribution is -0.123. The Labute approximate surface area is 152 Å². The van der Waals surface area contributed by atoms with E-state index < -0.39 is 0 Å². The van der Waals surface area contributed by atoms with Crippen LogP contribution in [0.3, 0.4) is 0 Å². The molecule has 0 aliphatic heterocycles. The van der Waals surface area contributed by atoms with E-state index in [0.29, 0.717) is 5.02 Å². The molecule has 0 aliphatic rings. The normalized spacial score (nSPS) is 14.2. The lowest BCUT2D eigenvalue weighted by Crippen LogP contribution is -2.42. The number of H-pyrrole nitrogens is 1. The van der Waals surface area contributed by atoms with Gasteiger partial charge in [0.25, 0.3) is 0 Å². The molecule has 0 saturated carbocycles. The number of rotatable bonds is 5. The van der Waals surface area contributed by atoms with Crippen molar-refractivity contribution >= 4 is 39.3 Å². The van der Waals surface area contributed by atoms with Crippen LogP contribution >= 0.6 is 11.6 Å². The van der Waals surface area contributed by atoms with Crippen molar-refractivity contribution in [2.24, 2.45) is 5.92 Å². The van der Waals surface area contributed by atoms with Crippen LogP contribution in [0.2, 0.25) is 5.02 Å². The van der Waals surface area contributed by atoms with Gasteiger partial charge in [-0.05, 0) is 42.7 Å². The fourth-order valence-electron chi connectivity index (χ4n) is 3.05. The average molecular weight is 359 g/mol. The van der Waals surface area contributed by atoms with Crippen molar-refractivity contribution in [3.63, 3.8) is 0 Å². The molecule has 3 N–H and O–H groups in total. The van der Waals surface area contributed by atoms with Crippen LogP contribution < -0.4 is 5.32 Å². The van der Waals surface area contributed by atoms with Crippen LogP contribution in [0.5, 0.6) is 0 Å². The number of halogens is 1. The maximum absolute atomic E-state index is 12.5. The van der Waals surface area contributed by atoms with Crippen LogP contribution in [0.4, 0.5) is 0 Å². The molecule has 132 valence electrons. The van der Waals surface area contributed by atoms with Gasteiger partial charge in [0.15, 0.2) is 0 Å². The molecule has 4 nitrogen and oxygen atoms in total. The number of fused-ring (bicyclic) bond motifs is 3. The highest BCUT2D eigenvalue weighted by atomic mass is 35.5. The molecule has 25 heavy (non-hydrogen) atoms. The van der Waals surface area contributed by atoms with Gasteiger partial charge in [-0.25, -0.2) is 0 Å². The van der Waals surface area contributed by atoms with Crippen molar-refractivity contribution in [3.05, 3.63) is 47.0 Å². The number of hydrogen-bond donors (Lipinski definition) is 3. The first-order valence-corrected chi connectivity index (χ1v) is 8.90. The van der Waals surface area contributed by atoms with Crippen molar-refractivity contribution in [2.45, 2.75) is 32.7 Å². The second kappa shape index (κ2) is 7.06. The molecule has 0 radical (unpaired) electrons. The Hall–Kier alpha value is -2.04. The number of aromatic amines is 1. The van der Waals surface area contributed by atoms with Gasteiger partial charge in [0.05, 0.1) is 18.6 Å². The van der Waals surface area contributed by atoms with Crippen molar-refractivity contribution in [1.82, 2.24) is 10.3 Å². The molecule has 1 amide bonds. The molecule has 1 aromatic heterocycles. The number of nitrogens with one attached hydrogen (secondary N) is 2. The monoisotopic (exact) mass is 358 g/mol. The number of aliphatic hydroxyl groups is 1. The van der Waals surface area contributed by atoms with Crippen molar-refractivity contribution in [2.75, 3.05) is 6.61 Å². The third-order valence-electron chi connectivity index (χ3n) is 4.81. The number of carbonyl (C=O) groups is 1. The van der Waals surface area contributed by atoms with Crippen LogP contribution in [-0.2, 0) is 4.79 Å². The zero-order valence-corrected chi connectivity index (χ0v) is 15.4. The number of aliphatic hydroxyl groups excluding tert-OH is 1. The summed E-state index contributed by atoms with van der Waals surface area (Å²) in [6, 6.07) is 11.5. The lowest BCUT2D eigenvalue weighted by Gasteiger charge is -2.22. The summed E-state index contributed by atoms with van der Waals surface area (Å²) in [7, 11) is 0. The summed E-state index contributed by atoms with van der Waals surface area (Å²) in [6.45, 7) is 5.78. The molecule has 0 bridgehead atoms. The van der Waals surface area contributed by atoms with Gasteiger partial charge >= 0.3 is 0 Å². The van der Waals surface area contributed by atoms with E-state index in [1.54, 1.807) is 0 Å². The summed E-state index contributed by atoms with van der Waals surface area (Å²) < 4.78 is 0. The van der Waals surface area contributed by atoms with Crippen LogP contribution in [0, 0.1) is 5.92 Å². The van der Waals surface area contributed by atoms with Crippen LogP contribution in [0.25, 0.3) is 21.8 Å². The van der Waals surface area contributed by atoms with Gasteiger partial charge in [0.1, 0.15) is 0 Å². The highest BCUT2D eigenvalue weighted by Gasteiger charge is 2.21. The van der Waals surface area contributed by atoms with Crippen LogP contribution in [0.1, 0.15) is 32.3 Å². The largest absolute Gasteiger partial charge is 0.394 e. The smallest absolute Gasteiger partial charge is 0.227 e. The summed E-state index contributed by atoms with van der Waals surface area (Å²) in [5.41, 5.74) is 2.94. The molecule has 2 atom stereocenters. The highest BCUT2D eigenvalue weighted by molar-refractivity contribution is 6.31. The van der Waals surface area contributed by atoms with Crippen molar-refractivity contribution in [1.29, 1.82) is 0 Å². The third-order valence-corrected chi connectivity index (χ3v) is 5.04. The number of amides is 1. The first-order chi connectivity index (χ1) is 11.9. The Morgan fingerprint density at radius 3 is 2.56 bits per heavy atom. The molecular formula is C20H23ClN2O2. The molecule has 3 rings (SSSR count). The molecule has 0 aliphatic carbocycles. The van der Waals surface area contributed by atoms with E-state index >= 15 is 0 Å². The third kappa shape index (κ3) is 3.51. The van der Waals surface area contributed by atoms with E-state index in [1.807, 2.05) is 57.2 Å². The number of aromatic nitrogens is 1. The first kappa shape index (κ1) is 17.8. The second-order valence-electron chi connectivity index (χ2n) is 6.88. The van der Waals surface area contributed by atoms with Gasteiger partial charge in [0, 0.05) is 26.8 Å². The molecule has 0 fully saturated rings. The van der Waals surface area contributed by atoms with E-state index in [4.69, 9.17) is 11.6 Å². The number of carbonyl (C=O) groups excluding carboxylic acids is 1. The predicted molar refractivity (Wildman–Crippen MR) is 103 cm³/mol. The Bertz CT molecular complexity index is 917. The average Bonchev–Trinajstić information content (AvgIpc) is 2.95. The fraction of sp³-hybridized carbons (Fsp3) is 0.350. The van der Waals surface area contributed by atoms with Gasteiger partial charge in [-0.3, -0.25) is 4.79 Å². The molecular weight excluding hydrogens is 336 g/mol. The molecule has 0 spiro atoms. The Kier molecular flexibility index (Phi) is 5.02. The summed E-state index contributed by atoms with van der Waals surface area (Å²) >= 11 is 6.10. The summed E-state index contributed by atoms with van der Waals surface area (Å²) in [5.74, 6) is -0.194. The Balaban J connectivity index is 1.90. The summed E-state index contributed by atoms with van der Waals surface area (Å²) in [5, 5.41) is 15.2. The molecule has 0 unspecified atom stereocenters. The maximum atomic E-state index is 12.5. The number of hydrogen-bond acceptors (Lipinski definition) is 2. The summed E-state index contributed by atoms with van der Waals surface area (Å²) in [6.07, 6.45) is 0. The zero-order chi connectivity index (χ0) is 18.1. The number of benzene rings is 2. The quantitative estimate of drug-likeness (QED) is 0.639. The van der Waals surface area contributed by atoms with Gasteiger partial charge in [-0.2, -0.15) is 0 Å². The zero-order valence-electron chi connectivity index (χ0n) is 14.6. The molecule has 5 heteroatoms. The first-order valence-electron chi connectivity index (χ1n) is 8.53. The summed E-state index contributed by atoms with van der Waals surface area (Å²) in [4.78, 5) is 15.9. The van der Waals surface area contributed by atoms with E-state index in [1.165, 1.54) is 0 Å². The van der Waals surface area contributed by atoms with Crippen molar-refractivity contribution < 1.29 is 9.90 Å².